The maximum absolute atomic E-state index is 12.4. The lowest BCUT2D eigenvalue weighted by atomic mass is 10.1. The van der Waals surface area contributed by atoms with E-state index >= 15 is 0 Å². The first kappa shape index (κ1) is 26.8. The predicted octanol–water partition coefficient (Wildman–Crippen LogP) is 3.46. The molecule has 3 amide bonds. The van der Waals surface area contributed by atoms with Gasteiger partial charge in [-0.25, -0.2) is 5.43 Å². The van der Waals surface area contributed by atoms with Crippen LogP contribution in [0, 0.1) is 13.8 Å². The molecule has 2 aromatic carbocycles. The van der Waals surface area contributed by atoms with Crippen LogP contribution in [0.4, 0.5) is 5.69 Å². The zero-order chi connectivity index (χ0) is 25.3. The summed E-state index contributed by atoms with van der Waals surface area (Å²) in [5.41, 5.74) is 5.39. The summed E-state index contributed by atoms with van der Waals surface area (Å²) >= 11 is 3.44. The Kier molecular flexibility index (Phi) is 10.1. The van der Waals surface area contributed by atoms with Crippen LogP contribution in [0.5, 0.6) is 11.5 Å². The first-order valence-corrected chi connectivity index (χ1v) is 11.4. The molecule has 0 aliphatic carbocycles. The Balaban J connectivity index is 1.96. The fourth-order valence-electron chi connectivity index (χ4n) is 2.92. The van der Waals surface area contributed by atoms with Crippen molar-refractivity contribution in [1.29, 1.82) is 0 Å². The molecule has 0 fully saturated rings. The highest BCUT2D eigenvalue weighted by atomic mass is 79.9. The lowest BCUT2D eigenvalue weighted by Gasteiger charge is -2.14. The number of ether oxygens (including phenoxy) is 2. The molecular weight excluding hydrogens is 504 g/mol. The quantitative estimate of drug-likeness (QED) is 0.259. The van der Waals surface area contributed by atoms with Gasteiger partial charge in [-0.2, -0.15) is 5.10 Å². The van der Waals surface area contributed by atoms with Crippen molar-refractivity contribution in [2.24, 2.45) is 5.10 Å². The summed E-state index contributed by atoms with van der Waals surface area (Å²) in [5.74, 6) is -1.16. The number of anilines is 1. The van der Waals surface area contributed by atoms with Gasteiger partial charge in [-0.15, -0.1) is 0 Å². The minimum absolute atomic E-state index is 0.107. The zero-order valence-electron chi connectivity index (χ0n) is 19.8. The van der Waals surface area contributed by atoms with Crippen molar-refractivity contribution in [3.05, 3.63) is 51.5 Å². The van der Waals surface area contributed by atoms with Gasteiger partial charge in [-0.1, -0.05) is 22.9 Å². The van der Waals surface area contributed by atoms with Gasteiger partial charge in [0.15, 0.2) is 18.1 Å². The van der Waals surface area contributed by atoms with E-state index in [0.29, 0.717) is 23.5 Å². The first-order valence-electron chi connectivity index (χ1n) is 10.7. The molecule has 9 nitrogen and oxygen atoms in total. The number of carbonyl (C=O) groups excluding carboxylic acids is 3. The Morgan fingerprint density at radius 3 is 2.38 bits per heavy atom. The monoisotopic (exact) mass is 532 g/mol. The second-order valence-electron chi connectivity index (χ2n) is 7.64. The van der Waals surface area contributed by atoms with Crippen molar-refractivity contribution in [3.63, 3.8) is 0 Å². The van der Waals surface area contributed by atoms with E-state index in [9.17, 15) is 14.4 Å². The summed E-state index contributed by atoms with van der Waals surface area (Å²) in [6.45, 7) is 7.33. The van der Waals surface area contributed by atoms with E-state index in [4.69, 9.17) is 9.47 Å². The van der Waals surface area contributed by atoms with Crippen molar-refractivity contribution in [3.8, 4) is 11.5 Å². The number of amides is 3. The van der Waals surface area contributed by atoms with Crippen molar-refractivity contribution < 1.29 is 23.9 Å². The number of hydrogen-bond acceptors (Lipinski definition) is 6. The average Bonchev–Trinajstić information content (AvgIpc) is 2.79. The first-order chi connectivity index (χ1) is 16.1. The Bertz CT molecular complexity index is 1060. The van der Waals surface area contributed by atoms with Gasteiger partial charge in [0.1, 0.15) is 0 Å². The number of carbonyl (C=O) groups is 3. The smallest absolute Gasteiger partial charge is 0.329 e. The molecule has 182 valence electrons. The van der Waals surface area contributed by atoms with Gasteiger partial charge in [0.2, 0.25) is 0 Å². The van der Waals surface area contributed by atoms with E-state index in [1.807, 2.05) is 32.9 Å². The summed E-state index contributed by atoms with van der Waals surface area (Å²) < 4.78 is 11.9. The summed E-state index contributed by atoms with van der Waals surface area (Å²) in [7, 11) is 1.47. The Morgan fingerprint density at radius 2 is 1.76 bits per heavy atom. The van der Waals surface area contributed by atoms with Crippen LogP contribution in [-0.2, 0) is 14.4 Å². The normalized spacial score (nSPS) is 11.6. The molecule has 10 heteroatoms. The minimum Gasteiger partial charge on any atom is -0.493 e. The maximum Gasteiger partial charge on any atom is 0.329 e. The molecular formula is C24H29BrN4O5. The number of benzene rings is 2. The molecule has 2 rings (SSSR count). The van der Waals surface area contributed by atoms with Gasteiger partial charge in [0.25, 0.3) is 5.91 Å². The van der Waals surface area contributed by atoms with Crippen molar-refractivity contribution in [1.82, 2.24) is 10.7 Å². The Labute approximate surface area is 207 Å². The molecule has 0 aliphatic heterocycles. The van der Waals surface area contributed by atoms with Gasteiger partial charge in [-0.3, -0.25) is 14.4 Å². The third-order valence-electron chi connectivity index (χ3n) is 4.88. The number of aryl methyl sites for hydroxylation is 2. The molecule has 2 aromatic rings. The summed E-state index contributed by atoms with van der Waals surface area (Å²) in [6, 6.07) is 8.67. The molecule has 0 aromatic heterocycles. The van der Waals surface area contributed by atoms with Crippen molar-refractivity contribution in [2.75, 3.05) is 19.0 Å². The average molecular weight is 533 g/mol. The second kappa shape index (κ2) is 12.7. The molecule has 0 saturated heterocycles. The largest absolute Gasteiger partial charge is 0.493 e. The molecule has 0 spiro atoms. The van der Waals surface area contributed by atoms with Gasteiger partial charge in [0.05, 0.1) is 13.3 Å². The van der Waals surface area contributed by atoms with Crippen molar-refractivity contribution in [2.45, 2.75) is 40.2 Å². The number of rotatable bonds is 9. The van der Waals surface area contributed by atoms with E-state index in [1.54, 1.807) is 25.1 Å². The summed E-state index contributed by atoms with van der Waals surface area (Å²) in [5, 5.41) is 9.22. The number of nitrogens with zero attached hydrogens (tertiary/aromatic N) is 1. The topological polar surface area (TPSA) is 118 Å². The molecule has 0 radical (unpaired) electrons. The molecule has 3 N–H and O–H groups in total. The number of methoxy groups -OCH3 is 1. The fourth-order valence-corrected chi connectivity index (χ4v) is 3.60. The lowest BCUT2D eigenvalue weighted by Crippen LogP contribution is -2.41. The number of halogens is 1. The van der Waals surface area contributed by atoms with E-state index in [0.717, 1.165) is 21.3 Å². The molecule has 0 heterocycles. The maximum atomic E-state index is 12.4. The number of hydrazone groups is 1. The summed E-state index contributed by atoms with van der Waals surface area (Å²) in [4.78, 5) is 35.9. The third-order valence-corrected chi connectivity index (χ3v) is 5.34. The second-order valence-corrected chi connectivity index (χ2v) is 8.56. The van der Waals surface area contributed by atoms with Crippen LogP contribution in [0.25, 0.3) is 0 Å². The molecule has 0 bridgehead atoms. The van der Waals surface area contributed by atoms with E-state index in [1.165, 1.54) is 13.3 Å². The highest BCUT2D eigenvalue weighted by molar-refractivity contribution is 9.10. The SMILES string of the molecule is CC[C@@H](C)NC(=O)C(=O)N/N=C\c1ccc(OCC(=O)Nc2c(C)cc(Br)cc2C)c(OC)c1. The van der Waals surface area contributed by atoms with Crippen LogP contribution in [-0.4, -0.2) is 43.7 Å². The van der Waals surface area contributed by atoms with Crippen LogP contribution < -0.4 is 25.5 Å². The lowest BCUT2D eigenvalue weighted by molar-refractivity contribution is -0.139. The van der Waals surface area contributed by atoms with E-state index in [2.05, 4.69) is 37.1 Å². The van der Waals surface area contributed by atoms with Crippen LogP contribution in [0.3, 0.4) is 0 Å². The van der Waals surface area contributed by atoms with Crippen molar-refractivity contribution >= 4 is 45.6 Å². The zero-order valence-corrected chi connectivity index (χ0v) is 21.4. The van der Waals surface area contributed by atoms with E-state index < -0.39 is 11.8 Å². The standard InChI is InChI=1S/C24H29BrN4O5/c1-6-16(4)27-23(31)24(32)29-26-12-17-7-8-19(20(11-17)33-5)34-13-21(30)28-22-14(2)9-18(25)10-15(22)3/h7-12,16H,6,13H2,1-5H3,(H,27,31)(H,28,30)(H,29,32)/b26-12-/t16-/m1/s1. The van der Waals surface area contributed by atoms with Gasteiger partial charge < -0.3 is 20.1 Å². The Hall–Kier alpha value is -3.40. The fraction of sp³-hybridized carbons (Fsp3) is 0.333. The number of hydrogen-bond donors (Lipinski definition) is 3. The van der Waals surface area contributed by atoms with Crippen LogP contribution in [0.1, 0.15) is 37.0 Å². The third kappa shape index (κ3) is 7.87. The predicted molar refractivity (Wildman–Crippen MR) is 134 cm³/mol. The van der Waals surface area contributed by atoms with Crippen LogP contribution in [0.15, 0.2) is 39.9 Å². The van der Waals surface area contributed by atoms with Gasteiger partial charge in [0, 0.05) is 16.2 Å². The molecule has 0 unspecified atom stereocenters. The molecule has 34 heavy (non-hydrogen) atoms. The van der Waals surface area contributed by atoms with E-state index in [-0.39, 0.29) is 18.6 Å². The van der Waals surface area contributed by atoms with Crippen LogP contribution >= 0.6 is 15.9 Å². The minimum atomic E-state index is -0.856. The molecule has 0 aliphatic rings. The number of nitrogens with one attached hydrogen (secondary N) is 3. The van der Waals surface area contributed by atoms with Gasteiger partial charge >= 0.3 is 11.8 Å². The molecule has 0 saturated carbocycles. The highest BCUT2D eigenvalue weighted by Crippen LogP contribution is 2.28. The highest BCUT2D eigenvalue weighted by Gasteiger charge is 2.15. The Morgan fingerprint density at radius 1 is 1.09 bits per heavy atom. The van der Waals surface area contributed by atoms with Gasteiger partial charge in [-0.05, 0) is 74.2 Å². The summed E-state index contributed by atoms with van der Waals surface area (Å²) in [6.07, 6.45) is 2.08. The van der Waals surface area contributed by atoms with Crippen LogP contribution in [0.2, 0.25) is 0 Å². The molecule has 1 atom stereocenters.